The molecule has 28 heavy (non-hydrogen) atoms. The molecule has 1 aromatic heterocycles. The molecule has 0 aliphatic carbocycles. The Balaban J connectivity index is 1.82. The first kappa shape index (κ1) is 22.1. The minimum Gasteiger partial charge on any atom is -0.346 e. The molecule has 0 bridgehead atoms. The van der Waals surface area contributed by atoms with E-state index in [1.807, 2.05) is 32.2 Å². The molecule has 0 spiro atoms. The van der Waals surface area contributed by atoms with E-state index in [2.05, 4.69) is 10.0 Å². The van der Waals surface area contributed by atoms with Crippen molar-refractivity contribution in [1.29, 1.82) is 0 Å². The van der Waals surface area contributed by atoms with Gasteiger partial charge in [-0.2, -0.15) is 0 Å². The maximum absolute atomic E-state index is 12.3. The maximum atomic E-state index is 12.3. The average molecular weight is 424 g/mol. The average Bonchev–Trinajstić information content (AvgIpc) is 3.04. The third-order valence-corrected chi connectivity index (χ3v) is 6.83. The normalized spacial score (nSPS) is 11.3. The van der Waals surface area contributed by atoms with Gasteiger partial charge in [-0.05, 0) is 61.0 Å². The van der Waals surface area contributed by atoms with Crippen LogP contribution < -0.4 is 10.0 Å². The Morgan fingerprint density at radius 3 is 2.36 bits per heavy atom. The van der Waals surface area contributed by atoms with Crippen LogP contribution >= 0.6 is 11.3 Å². The number of nitrogens with one attached hydrogen (secondary N) is 2. The second-order valence-electron chi connectivity index (χ2n) is 6.62. The van der Waals surface area contributed by atoms with E-state index >= 15 is 0 Å². The van der Waals surface area contributed by atoms with E-state index in [1.165, 1.54) is 11.0 Å². The number of carbonyl (C=O) groups excluding carboxylic acids is 2. The quantitative estimate of drug-likeness (QED) is 0.676. The van der Waals surface area contributed by atoms with Gasteiger partial charge in [0.05, 0.1) is 24.5 Å². The zero-order valence-electron chi connectivity index (χ0n) is 16.4. The van der Waals surface area contributed by atoms with Crippen LogP contribution in [0.5, 0.6) is 0 Å². The topological polar surface area (TPSA) is 95.6 Å². The van der Waals surface area contributed by atoms with Crippen molar-refractivity contribution in [3.63, 3.8) is 0 Å². The molecule has 0 radical (unpaired) electrons. The van der Waals surface area contributed by atoms with Crippen molar-refractivity contribution < 1.29 is 18.0 Å². The third kappa shape index (κ3) is 5.88. The van der Waals surface area contributed by atoms with Crippen LogP contribution in [0.3, 0.4) is 0 Å². The van der Waals surface area contributed by atoms with E-state index in [1.54, 1.807) is 30.5 Å². The Labute approximate surface area is 169 Å². The first-order chi connectivity index (χ1) is 13.1. The number of hydrogen-bond acceptors (Lipinski definition) is 5. The lowest BCUT2D eigenvalue weighted by Crippen LogP contribution is -2.42. The van der Waals surface area contributed by atoms with Gasteiger partial charge >= 0.3 is 0 Å². The van der Waals surface area contributed by atoms with Gasteiger partial charge in [0.25, 0.3) is 0 Å². The van der Waals surface area contributed by atoms with Gasteiger partial charge < -0.3 is 10.2 Å². The number of benzene rings is 1. The van der Waals surface area contributed by atoms with Gasteiger partial charge in [0, 0.05) is 11.9 Å². The molecule has 1 heterocycles. The smallest absolute Gasteiger partial charge is 0.242 e. The molecular weight excluding hydrogens is 398 g/mol. The minimum absolute atomic E-state index is 0.102. The van der Waals surface area contributed by atoms with E-state index in [-0.39, 0.29) is 17.3 Å². The Morgan fingerprint density at radius 2 is 1.75 bits per heavy atom. The lowest BCUT2D eigenvalue weighted by atomic mass is 10.1. The summed E-state index contributed by atoms with van der Waals surface area (Å²) in [6.07, 6.45) is 0. The predicted octanol–water partition coefficient (Wildman–Crippen LogP) is 1.73. The number of likely N-dealkylation sites (N-methyl/N-ethyl adjacent to an activating group) is 1. The summed E-state index contributed by atoms with van der Waals surface area (Å²) < 4.78 is 26.8. The maximum Gasteiger partial charge on any atom is 0.242 e. The van der Waals surface area contributed by atoms with Crippen LogP contribution in [0.25, 0.3) is 0 Å². The van der Waals surface area contributed by atoms with Crippen LogP contribution in [-0.2, 0) is 26.2 Å². The van der Waals surface area contributed by atoms with Crippen LogP contribution in [0, 0.1) is 20.8 Å². The molecule has 0 aliphatic heterocycles. The number of amides is 2. The molecule has 2 aromatic rings. The molecule has 0 fully saturated rings. The molecule has 2 amide bonds. The Bertz CT molecular complexity index is 967. The van der Waals surface area contributed by atoms with Gasteiger partial charge in [0.15, 0.2) is 0 Å². The van der Waals surface area contributed by atoms with Crippen molar-refractivity contribution in [1.82, 2.24) is 14.9 Å². The summed E-state index contributed by atoms with van der Waals surface area (Å²) in [6.45, 7) is 5.54. The highest BCUT2D eigenvalue weighted by molar-refractivity contribution is 7.89. The summed E-state index contributed by atoms with van der Waals surface area (Å²) in [5.41, 5.74) is 2.95. The SMILES string of the molecule is Cc1ccc(S(=O)(=O)NCC(=O)NCC(=O)N(C)Cc2sccc2C)cc1C. The van der Waals surface area contributed by atoms with Crippen molar-refractivity contribution in [3.05, 3.63) is 51.2 Å². The standard InChI is InChI=1S/C19H25N3O4S2/c1-13-5-6-16(9-15(13)3)28(25,26)21-10-18(23)20-11-19(24)22(4)12-17-14(2)7-8-27-17/h5-9,21H,10-12H2,1-4H3,(H,20,23). The lowest BCUT2D eigenvalue weighted by molar-refractivity contribution is -0.131. The molecule has 9 heteroatoms. The van der Waals surface area contributed by atoms with Crippen LogP contribution in [-0.4, -0.2) is 45.3 Å². The minimum atomic E-state index is -3.79. The molecule has 0 saturated carbocycles. The third-order valence-electron chi connectivity index (χ3n) is 4.42. The number of aryl methyl sites for hydroxylation is 3. The first-order valence-corrected chi connectivity index (χ1v) is 11.1. The second-order valence-corrected chi connectivity index (χ2v) is 9.39. The van der Waals surface area contributed by atoms with Crippen molar-refractivity contribution in [2.75, 3.05) is 20.1 Å². The number of sulfonamides is 1. The highest BCUT2D eigenvalue weighted by Gasteiger charge is 2.17. The summed E-state index contributed by atoms with van der Waals surface area (Å²) >= 11 is 1.57. The van der Waals surface area contributed by atoms with E-state index in [9.17, 15) is 18.0 Å². The molecule has 1 aromatic carbocycles. The van der Waals surface area contributed by atoms with E-state index < -0.39 is 22.5 Å². The van der Waals surface area contributed by atoms with Crippen molar-refractivity contribution >= 4 is 33.2 Å². The van der Waals surface area contributed by atoms with Crippen molar-refractivity contribution in [2.24, 2.45) is 0 Å². The molecule has 0 saturated heterocycles. The molecule has 0 atom stereocenters. The highest BCUT2D eigenvalue weighted by Crippen LogP contribution is 2.17. The molecule has 152 valence electrons. The fourth-order valence-electron chi connectivity index (χ4n) is 2.37. The first-order valence-electron chi connectivity index (χ1n) is 8.70. The van der Waals surface area contributed by atoms with Crippen LogP contribution in [0.4, 0.5) is 0 Å². The monoisotopic (exact) mass is 423 g/mol. The summed E-state index contributed by atoms with van der Waals surface area (Å²) in [7, 11) is -2.13. The Hall–Kier alpha value is -2.23. The molecule has 7 nitrogen and oxygen atoms in total. The second kappa shape index (κ2) is 9.31. The van der Waals surface area contributed by atoms with Gasteiger partial charge in [-0.1, -0.05) is 6.07 Å². The Morgan fingerprint density at radius 1 is 1.04 bits per heavy atom. The lowest BCUT2D eigenvalue weighted by Gasteiger charge is -2.17. The highest BCUT2D eigenvalue weighted by atomic mass is 32.2. The molecule has 0 unspecified atom stereocenters. The Kier molecular flexibility index (Phi) is 7.34. The summed E-state index contributed by atoms with van der Waals surface area (Å²) in [4.78, 5) is 26.8. The molecule has 0 aliphatic rings. The largest absolute Gasteiger partial charge is 0.346 e. The number of hydrogen-bond donors (Lipinski definition) is 2. The van der Waals surface area contributed by atoms with E-state index in [4.69, 9.17) is 0 Å². The fourth-order valence-corrected chi connectivity index (χ4v) is 4.39. The van der Waals surface area contributed by atoms with E-state index in [0.717, 1.165) is 21.6 Å². The zero-order chi connectivity index (χ0) is 20.9. The summed E-state index contributed by atoms with van der Waals surface area (Å²) in [5, 5.41) is 4.41. The van der Waals surface area contributed by atoms with Crippen molar-refractivity contribution in [2.45, 2.75) is 32.2 Å². The fraction of sp³-hybridized carbons (Fsp3) is 0.368. The van der Waals surface area contributed by atoms with Gasteiger partial charge in [0.1, 0.15) is 0 Å². The van der Waals surface area contributed by atoms with Crippen LogP contribution in [0.15, 0.2) is 34.5 Å². The van der Waals surface area contributed by atoms with E-state index in [0.29, 0.717) is 6.54 Å². The van der Waals surface area contributed by atoms with Crippen molar-refractivity contribution in [3.8, 4) is 0 Å². The van der Waals surface area contributed by atoms with Gasteiger partial charge in [0.2, 0.25) is 21.8 Å². The number of thiophene rings is 1. The summed E-state index contributed by atoms with van der Waals surface area (Å²) in [6, 6.07) is 6.75. The zero-order valence-corrected chi connectivity index (χ0v) is 18.0. The predicted molar refractivity (Wildman–Crippen MR) is 110 cm³/mol. The number of carbonyl (C=O) groups is 2. The summed E-state index contributed by atoms with van der Waals surface area (Å²) in [5.74, 6) is -0.820. The molecule has 2 rings (SSSR count). The number of rotatable bonds is 8. The van der Waals surface area contributed by atoms with Gasteiger partial charge in [-0.15, -0.1) is 11.3 Å². The number of nitrogens with zero attached hydrogens (tertiary/aromatic N) is 1. The van der Waals surface area contributed by atoms with Gasteiger partial charge in [-0.25, -0.2) is 13.1 Å². The van der Waals surface area contributed by atoms with Crippen LogP contribution in [0.2, 0.25) is 0 Å². The molecular formula is C19H25N3O4S2. The van der Waals surface area contributed by atoms with Crippen LogP contribution in [0.1, 0.15) is 21.6 Å². The molecule has 2 N–H and O–H groups in total. The van der Waals surface area contributed by atoms with Gasteiger partial charge in [-0.3, -0.25) is 9.59 Å².